The van der Waals surface area contributed by atoms with Crippen LogP contribution in [0.5, 0.6) is 5.75 Å². The molecule has 1 amide bonds. The van der Waals surface area contributed by atoms with Crippen LogP contribution in [0.4, 0.5) is 5.69 Å². The smallest absolute Gasteiger partial charge is 0.338 e. The average molecular weight is 518 g/mol. The summed E-state index contributed by atoms with van der Waals surface area (Å²) in [5.74, 6) is -0.328. The summed E-state index contributed by atoms with van der Waals surface area (Å²) in [4.78, 5) is 45.7. The number of ether oxygens (including phenoxy) is 2. The van der Waals surface area contributed by atoms with Crippen molar-refractivity contribution in [2.75, 3.05) is 19.0 Å². The standard InChI is InChI=1S/C28H27N3O5S/c1-5-9-19-22(27(34)36-6-2)23(16-10-7-8-11-20(16)35-4)31-26(33)24(37-28(31)30-19)21-17-14-15(3)12-13-18(17)29-25(21)32/h7-8,10-14,23H,5-6,9H2,1-4H3,(H,29,32)/b24-21-/t23-/m1/s1. The van der Waals surface area contributed by atoms with Gasteiger partial charge in [-0.15, -0.1) is 0 Å². The van der Waals surface area contributed by atoms with E-state index < -0.39 is 17.6 Å². The third-order valence-corrected chi connectivity index (χ3v) is 7.50. The van der Waals surface area contributed by atoms with Gasteiger partial charge < -0.3 is 14.8 Å². The van der Waals surface area contributed by atoms with Crippen LogP contribution in [0.3, 0.4) is 0 Å². The minimum atomic E-state index is -0.816. The Kier molecular flexibility index (Phi) is 6.55. The van der Waals surface area contributed by atoms with Gasteiger partial charge in [0.25, 0.3) is 11.5 Å². The molecule has 2 aliphatic heterocycles. The summed E-state index contributed by atoms with van der Waals surface area (Å²) in [6.07, 6.45) is 1.27. The summed E-state index contributed by atoms with van der Waals surface area (Å²) in [6, 6.07) is 12.1. The van der Waals surface area contributed by atoms with Crippen LogP contribution < -0.4 is 24.9 Å². The number of anilines is 1. The van der Waals surface area contributed by atoms with Gasteiger partial charge in [0.05, 0.1) is 30.6 Å². The molecule has 9 heteroatoms. The number of methoxy groups -OCH3 is 1. The zero-order chi connectivity index (χ0) is 26.3. The molecule has 3 heterocycles. The number of aryl methyl sites for hydroxylation is 1. The highest BCUT2D eigenvalue weighted by molar-refractivity contribution is 7.07. The number of carbonyl (C=O) groups is 2. The second-order valence-corrected chi connectivity index (χ2v) is 9.83. The number of esters is 1. The number of hydrogen-bond acceptors (Lipinski definition) is 7. The summed E-state index contributed by atoms with van der Waals surface area (Å²) >= 11 is 1.16. The van der Waals surface area contributed by atoms with Crippen molar-refractivity contribution in [3.63, 3.8) is 0 Å². The van der Waals surface area contributed by atoms with Gasteiger partial charge in [0.2, 0.25) is 0 Å². The molecule has 0 aliphatic carbocycles. The predicted octanol–water partition coefficient (Wildman–Crippen LogP) is 3.22. The number of hydrogen-bond donors (Lipinski definition) is 1. The van der Waals surface area contributed by atoms with Crippen LogP contribution in [0, 0.1) is 6.92 Å². The fourth-order valence-corrected chi connectivity index (χ4v) is 5.98. The Labute approximate surface area is 217 Å². The lowest BCUT2D eigenvalue weighted by Crippen LogP contribution is -2.41. The van der Waals surface area contributed by atoms with E-state index in [1.807, 2.05) is 50.2 Å². The lowest BCUT2D eigenvalue weighted by atomic mass is 9.93. The first kappa shape index (κ1) is 24.7. The molecule has 1 atom stereocenters. The third-order valence-electron chi connectivity index (χ3n) is 6.45. The fraction of sp³-hybridized carbons (Fsp3) is 0.286. The van der Waals surface area contributed by atoms with E-state index in [1.165, 1.54) is 4.57 Å². The van der Waals surface area contributed by atoms with E-state index in [0.717, 1.165) is 23.3 Å². The molecule has 0 spiro atoms. The molecule has 2 aromatic carbocycles. The van der Waals surface area contributed by atoms with E-state index in [9.17, 15) is 14.4 Å². The van der Waals surface area contributed by atoms with Gasteiger partial charge in [-0.05, 0) is 38.5 Å². The van der Waals surface area contributed by atoms with Gasteiger partial charge in [0.15, 0.2) is 4.80 Å². The topological polar surface area (TPSA) is 99.0 Å². The molecule has 3 aromatic rings. The molecule has 1 N–H and O–H groups in total. The van der Waals surface area contributed by atoms with E-state index >= 15 is 0 Å². The molecule has 2 aliphatic rings. The average Bonchev–Trinajstić information content (AvgIpc) is 3.38. The molecule has 5 rings (SSSR count). The molecule has 0 radical (unpaired) electrons. The number of amides is 1. The summed E-state index contributed by atoms with van der Waals surface area (Å²) in [5.41, 5.74) is 3.77. The van der Waals surface area contributed by atoms with E-state index in [-0.39, 0.29) is 17.0 Å². The Morgan fingerprint density at radius 2 is 1.95 bits per heavy atom. The second kappa shape index (κ2) is 9.82. The van der Waals surface area contributed by atoms with Crippen LogP contribution in [0.1, 0.15) is 49.4 Å². The van der Waals surface area contributed by atoms with Crippen molar-refractivity contribution in [2.45, 2.75) is 39.7 Å². The Morgan fingerprint density at radius 1 is 1.16 bits per heavy atom. The minimum Gasteiger partial charge on any atom is -0.496 e. The zero-order valence-electron chi connectivity index (χ0n) is 21.1. The molecular formula is C28H27N3O5S. The molecule has 0 unspecified atom stereocenters. The van der Waals surface area contributed by atoms with Crippen molar-refractivity contribution in [3.05, 3.63) is 90.1 Å². The highest BCUT2D eigenvalue weighted by Gasteiger charge is 2.37. The molecule has 8 nitrogen and oxygen atoms in total. The van der Waals surface area contributed by atoms with Gasteiger partial charge in [-0.2, -0.15) is 0 Å². The Bertz CT molecular complexity index is 1650. The van der Waals surface area contributed by atoms with Crippen LogP contribution in [0.15, 0.2) is 63.5 Å². The molecule has 190 valence electrons. The van der Waals surface area contributed by atoms with Gasteiger partial charge in [-0.25, -0.2) is 9.79 Å². The van der Waals surface area contributed by atoms with E-state index in [0.29, 0.717) is 50.6 Å². The maximum absolute atomic E-state index is 14.1. The number of aromatic nitrogens is 1. The normalized spacial score (nSPS) is 17.6. The van der Waals surface area contributed by atoms with Crippen molar-refractivity contribution in [3.8, 4) is 5.75 Å². The van der Waals surface area contributed by atoms with Crippen molar-refractivity contribution < 1.29 is 19.1 Å². The highest BCUT2D eigenvalue weighted by Crippen LogP contribution is 2.37. The first-order valence-corrected chi connectivity index (χ1v) is 13.0. The summed E-state index contributed by atoms with van der Waals surface area (Å²) < 4.78 is 12.9. The molecule has 0 saturated heterocycles. The number of benzene rings is 2. The molecule has 1 aromatic heterocycles. The molecule has 0 bridgehead atoms. The van der Waals surface area contributed by atoms with Crippen LogP contribution in [-0.4, -0.2) is 30.2 Å². The van der Waals surface area contributed by atoms with Crippen LogP contribution in [-0.2, 0) is 14.3 Å². The number of fused-ring (bicyclic) bond motifs is 2. The number of nitrogens with zero attached hydrogens (tertiary/aromatic N) is 2. The second-order valence-electron chi connectivity index (χ2n) is 8.85. The number of rotatable bonds is 6. The van der Waals surface area contributed by atoms with Gasteiger partial charge in [0.1, 0.15) is 16.3 Å². The van der Waals surface area contributed by atoms with Gasteiger partial charge in [-0.3, -0.25) is 14.2 Å². The van der Waals surface area contributed by atoms with Gasteiger partial charge >= 0.3 is 5.97 Å². The van der Waals surface area contributed by atoms with E-state index in [2.05, 4.69) is 5.32 Å². The van der Waals surface area contributed by atoms with Crippen molar-refractivity contribution in [1.29, 1.82) is 0 Å². The fourth-order valence-electron chi connectivity index (χ4n) is 4.86. The lowest BCUT2D eigenvalue weighted by Gasteiger charge is -2.26. The Morgan fingerprint density at radius 3 is 2.68 bits per heavy atom. The Hall–Kier alpha value is -3.98. The van der Waals surface area contributed by atoms with Crippen molar-refractivity contribution >= 4 is 34.5 Å². The molecule has 37 heavy (non-hydrogen) atoms. The Balaban J connectivity index is 1.87. The third kappa shape index (κ3) is 4.09. The molecule has 0 saturated carbocycles. The number of nitrogens with one attached hydrogen (secondary N) is 1. The van der Waals surface area contributed by atoms with Gasteiger partial charge in [0, 0.05) is 16.8 Å². The largest absolute Gasteiger partial charge is 0.496 e. The van der Waals surface area contributed by atoms with E-state index in [1.54, 1.807) is 20.1 Å². The minimum absolute atomic E-state index is 0.186. The number of para-hydroxylation sites is 1. The maximum Gasteiger partial charge on any atom is 0.338 e. The van der Waals surface area contributed by atoms with Crippen LogP contribution in [0.25, 0.3) is 5.57 Å². The van der Waals surface area contributed by atoms with Gasteiger partial charge in [-0.1, -0.05) is 54.5 Å². The van der Waals surface area contributed by atoms with Crippen LogP contribution in [0.2, 0.25) is 0 Å². The number of allylic oxidation sites excluding steroid dienone is 1. The summed E-state index contributed by atoms with van der Waals surface area (Å²) in [7, 11) is 1.55. The first-order chi connectivity index (χ1) is 17.9. The lowest BCUT2D eigenvalue weighted by molar-refractivity contribution is -0.139. The SMILES string of the molecule is CCCC1=C(C(=O)OCC)[C@@H](c2ccccc2OC)n2c(s/c(=C3\C(=O)Nc4ccc(C)cc43)c2=O)=N1. The molecular weight excluding hydrogens is 490 g/mol. The highest BCUT2D eigenvalue weighted by atomic mass is 32.1. The zero-order valence-corrected chi connectivity index (χ0v) is 21.9. The first-order valence-electron chi connectivity index (χ1n) is 12.2. The number of carbonyl (C=O) groups excluding carboxylic acids is 2. The predicted molar refractivity (Wildman–Crippen MR) is 141 cm³/mol. The monoisotopic (exact) mass is 517 g/mol. The van der Waals surface area contributed by atoms with Crippen molar-refractivity contribution in [1.82, 2.24) is 4.57 Å². The maximum atomic E-state index is 14.1. The summed E-state index contributed by atoms with van der Waals surface area (Å²) in [5, 5.41) is 2.86. The van der Waals surface area contributed by atoms with E-state index in [4.69, 9.17) is 14.5 Å². The van der Waals surface area contributed by atoms with Crippen LogP contribution >= 0.6 is 11.3 Å². The molecule has 0 fully saturated rings. The number of thiazole rings is 1. The summed E-state index contributed by atoms with van der Waals surface area (Å²) in [6.45, 7) is 5.87. The van der Waals surface area contributed by atoms with Crippen molar-refractivity contribution in [2.24, 2.45) is 4.99 Å². The quantitative estimate of drug-likeness (QED) is 0.507.